The second-order valence-electron chi connectivity index (χ2n) is 5.82. The Balaban J connectivity index is 1.43. The summed E-state index contributed by atoms with van der Waals surface area (Å²) >= 11 is 0. The first-order valence-electron chi connectivity index (χ1n) is 7.97. The SMILES string of the molecule is c1cnc(OC[C@@H]2CC[C@H]3[C@H]2OCCN3c2ncccn2)nc1. The highest BCUT2D eigenvalue weighted by Crippen LogP contribution is 2.36. The Morgan fingerprint density at radius 2 is 1.78 bits per heavy atom. The Hall–Kier alpha value is -2.28. The third kappa shape index (κ3) is 2.96. The molecule has 1 saturated heterocycles. The summed E-state index contributed by atoms with van der Waals surface area (Å²) in [4.78, 5) is 19.3. The van der Waals surface area contributed by atoms with Crippen LogP contribution in [0, 0.1) is 5.92 Å². The zero-order valence-corrected chi connectivity index (χ0v) is 12.8. The van der Waals surface area contributed by atoms with Gasteiger partial charge in [-0.25, -0.2) is 19.9 Å². The molecule has 1 aliphatic carbocycles. The summed E-state index contributed by atoms with van der Waals surface area (Å²) in [5, 5.41) is 0. The van der Waals surface area contributed by atoms with Gasteiger partial charge in [0.2, 0.25) is 5.95 Å². The summed E-state index contributed by atoms with van der Waals surface area (Å²) in [6.45, 7) is 2.10. The first-order valence-corrected chi connectivity index (χ1v) is 7.97. The van der Waals surface area contributed by atoms with Crippen molar-refractivity contribution in [2.75, 3.05) is 24.7 Å². The smallest absolute Gasteiger partial charge is 0.316 e. The molecule has 2 aliphatic rings. The van der Waals surface area contributed by atoms with E-state index in [4.69, 9.17) is 9.47 Å². The van der Waals surface area contributed by atoms with Crippen LogP contribution in [0.4, 0.5) is 5.95 Å². The number of nitrogens with zero attached hydrogens (tertiary/aromatic N) is 5. The lowest BCUT2D eigenvalue weighted by Gasteiger charge is -2.39. The lowest BCUT2D eigenvalue weighted by Crippen LogP contribution is -2.51. The van der Waals surface area contributed by atoms with E-state index in [1.807, 2.05) is 6.07 Å². The number of hydrogen-bond acceptors (Lipinski definition) is 7. The first kappa shape index (κ1) is 14.3. The van der Waals surface area contributed by atoms with Crippen LogP contribution in [0.5, 0.6) is 6.01 Å². The number of anilines is 1. The standard InChI is InChI=1S/C16H19N5O2/c1-5-17-15(18-6-1)21-9-10-22-14-12(3-4-13(14)21)11-23-16-19-7-2-8-20-16/h1-2,5-8,12-14H,3-4,9-11H2/t12-,13-,14-/m0/s1. The Bertz CT molecular complexity index is 627. The van der Waals surface area contributed by atoms with Gasteiger partial charge in [0.05, 0.1) is 25.4 Å². The van der Waals surface area contributed by atoms with Crippen LogP contribution in [0.1, 0.15) is 12.8 Å². The Morgan fingerprint density at radius 3 is 2.57 bits per heavy atom. The van der Waals surface area contributed by atoms with E-state index in [0.29, 0.717) is 31.2 Å². The molecule has 1 saturated carbocycles. The normalized spacial score (nSPS) is 26.8. The molecule has 7 heteroatoms. The van der Waals surface area contributed by atoms with Gasteiger partial charge >= 0.3 is 6.01 Å². The van der Waals surface area contributed by atoms with E-state index in [9.17, 15) is 0 Å². The topological polar surface area (TPSA) is 73.3 Å². The summed E-state index contributed by atoms with van der Waals surface area (Å²) in [5.41, 5.74) is 0. The molecule has 3 heterocycles. The van der Waals surface area contributed by atoms with Crippen molar-refractivity contribution in [3.8, 4) is 6.01 Å². The van der Waals surface area contributed by atoms with E-state index in [-0.39, 0.29) is 6.10 Å². The number of ether oxygens (including phenoxy) is 2. The molecule has 3 atom stereocenters. The molecule has 2 aromatic heterocycles. The molecule has 7 nitrogen and oxygen atoms in total. The predicted molar refractivity (Wildman–Crippen MR) is 83.2 cm³/mol. The number of aromatic nitrogens is 4. The molecule has 0 bridgehead atoms. The molecule has 120 valence electrons. The van der Waals surface area contributed by atoms with Crippen molar-refractivity contribution in [3.63, 3.8) is 0 Å². The Kier molecular flexibility index (Phi) is 4.02. The van der Waals surface area contributed by atoms with E-state index in [0.717, 1.165) is 25.3 Å². The molecule has 2 fully saturated rings. The van der Waals surface area contributed by atoms with Gasteiger partial charge in [-0.3, -0.25) is 0 Å². The van der Waals surface area contributed by atoms with Crippen LogP contribution in [0.15, 0.2) is 36.9 Å². The third-order valence-corrected chi connectivity index (χ3v) is 4.50. The number of fused-ring (bicyclic) bond motifs is 1. The minimum Gasteiger partial charge on any atom is -0.463 e. The van der Waals surface area contributed by atoms with Crippen molar-refractivity contribution in [1.82, 2.24) is 19.9 Å². The monoisotopic (exact) mass is 313 g/mol. The Labute approximate surface area is 134 Å². The zero-order valence-electron chi connectivity index (χ0n) is 12.8. The largest absolute Gasteiger partial charge is 0.463 e. The van der Waals surface area contributed by atoms with Crippen LogP contribution in [0.25, 0.3) is 0 Å². The van der Waals surface area contributed by atoms with Crippen LogP contribution in [-0.4, -0.2) is 51.8 Å². The summed E-state index contributed by atoms with van der Waals surface area (Å²) in [5.74, 6) is 1.13. The van der Waals surface area contributed by atoms with Gasteiger partial charge in [0.1, 0.15) is 0 Å². The van der Waals surface area contributed by atoms with E-state index in [2.05, 4.69) is 24.8 Å². The number of hydrogen-bond donors (Lipinski definition) is 0. The molecular weight excluding hydrogens is 294 g/mol. The molecule has 1 aliphatic heterocycles. The van der Waals surface area contributed by atoms with Crippen molar-refractivity contribution in [3.05, 3.63) is 36.9 Å². The molecule has 0 radical (unpaired) electrons. The lowest BCUT2D eigenvalue weighted by molar-refractivity contribution is -0.0137. The van der Waals surface area contributed by atoms with Gasteiger partial charge in [-0.05, 0) is 25.0 Å². The molecule has 2 aromatic rings. The quantitative estimate of drug-likeness (QED) is 0.843. The molecule has 0 unspecified atom stereocenters. The number of rotatable bonds is 4. The molecule has 23 heavy (non-hydrogen) atoms. The van der Waals surface area contributed by atoms with Crippen LogP contribution in [-0.2, 0) is 4.74 Å². The zero-order chi connectivity index (χ0) is 15.5. The second kappa shape index (κ2) is 6.45. The van der Waals surface area contributed by atoms with Crippen molar-refractivity contribution >= 4 is 5.95 Å². The summed E-state index contributed by atoms with van der Waals surface area (Å²) < 4.78 is 11.8. The fourth-order valence-electron chi connectivity index (χ4n) is 3.47. The van der Waals surface area contributed by atoms with Crippen molar-refractivity contribution in [1.29, 1.82) is 0 Å². The molecule has 0 amide bonds. The molecule has 0 N–H and O–H groups in total. The minimum atomic E-state index is 0.149. The van der Waals surface area contributed by atoms with Crippen molar-refractivity contribution in [2.45, 2.75) is 25.0 Å². The van der Waals surface area contributed by atoms with Gasteiger partial charge in [-0.2, -0.15) is 0 Å². The Morgan fingerprint density at radius 1 is 1.04 bits per heavy atom. The van der Waals surface area contributed by atoms with Crippen LogP contribution >= 0.6 is 0 Å². The maximum atomic E-state index is 6.04. The van der Waals surface area contributed by atoms with Gasteiger partial charge in [0.15, 0.2) is 0 Å². The van der Waals surface area contributed by atoms with Crippen molar-refractivity contribution < 1.29 is 9.47 Å². The lowest BCUT2D eigenvalue weighted by atomic mass is 10.0. The van der Waals surface area contributed by atoms with Crippen LogP contribution in [0.2, 0.25) is 0 Å². The van der Waals surface area contributed by atoms with Crippen molar-refractivity contribution in [2.24, 2.45) is 5.92 Å². The first-order chi connectivity index (χ1) is 11.4. The van der Waals surface area contributed by atoms with Crippen LogP contribution in [0.3, 0.4) is 0 Å². The fraction of sp³-hybridized carbons (Fsp3) is 0.500. The molecular formula is C16H19N5O2. The van der Waals surface area contributed by atoms with Gasteiger partial charge < -0.3 is 14.4 Å². The average Bonchev–Trinajstić information content (AvgIpc) is 3.05. The minimum absolute atomic E-state index is 0.149. The second-order valence-corrected chi connectivity index (χ2v) is 5.82. The predicted octanol–water partition coefficient (Wildman–Crippen LogP) is 1.33. The number of morpholine rings is 1. The summed E-state index contributed by atoms with van der Waals surface area (Å²) in [6.07, 6.45) is 9.22. The molecule has 0 spiro atoms. The highest BCUT2D eigenvalue weighted by atomic mass is 16.5. The molecule has 4 rings (SSSR count). The van der Waals surface area contributed by atoms with Gasteiger partial charge in [0.25, 0.3) is 0 Å². The van der Waals surface area contributed by atoms with Crippen LogP contribution < -0.4 is 9.64 Å². The van der Waals surface area contributed by atoms with E-state index in [1.165, 1.54) is 0 Å². The van der Waals surface area contributed by atoms with Gasteiger partial charge in [0, 0.05) is 37.3 Å². The maximum Gasteiger partial charge on any atom is 0.316 e. The summed E-state index contributed by atoms with van der Waals surface area (Å²) in [7, 11) is 0. The van der Waals surface area contributed by atoms with E-state index < -0.39 is 0 Å². The van der Waals surface area contributed by atoms with Gasteiger partial charge in [-0.1, -0.05) is 0 Å². The van der Waals surface area contributed by atoms with Gasteiger partial charge in [-0.15, -0.1) is 0 Å². The highest BCUT2D eigenvalue weighted by molar-refractivity contribution is 5.33. The average molecular weight is 313 g/mol. The third-order valence-electron chi connectivity index (χ3n) is 4.50. The highest BCUT2D eigenvalue weighted by Gasteiger charge is 2.43. The van der Waals surface area contributed by atoms with E-state index >= 15 is 0 Å². The van der Waals surface area contributed by atoms with E-state index in [1.54, 1.807) is 30.9 Å². The maximum absolute atomic E-state index is 6.04. The molecule has 0 aromatic carbocycles. The summed E-state index contributed by atoms with van der Waals surface area (Å²) in [6, 6.07) is 4.36. The fourth-order valence-corrected chi connectivity index (χ4v) is 3.47.